The molecule has 8 nitrogen and oxygen atoms in total. The van der Waals surface area contributed by atoms with Gasteiger partial charge in [0.15, 0.2) is 0 Å². The summed E-state index contributed by atoms with van der Waals surface area (Å²) in [5, 5.41) is 4.00. The number of likely N-dealkylation sites (N-methyl/N-ethyl adjacent to an activating group) is 3. The Kier molecular flexibility index (Phi) is 8.59. The molecule has 3 aliphatic heterocycles. The second-order valence-corrected chi connectivity index (χ2v) is 10.1. The molecular formula is C24H44N6O2. The second-order valence-electron chi connectivity index (χ2n) is 10.1. The number of ether oxygens (including phenoxy) is 1. The number of aromatic nitrogens is 1. The SMILES string of the molecule is CCN1CC(N2CCN(C)CC2C2CN(C)CCN2CCCCOCc2cc(C)on2)C1. The number of hydrogen-bond donors (Lipinski definition) is 0. The Morgan fingerprint density at radius 3 is 2.47 bits per heavy atom. The molecule has 0 aliphatic carbocycles. The Balaban J connectivity index is 1.27. The van der Waals surface area contributed by atoms with Gasteiger partial charge in [0.1, 0.15) is 11.5 Å². The van der Waals surface area contributed by atoms with Crippen molar-refractivity contribution in [2.75, 3.05) is 86.1 Å². The molecule has 4 heterocycles. The Labute approximate surface area is 194 Å². The minimum absolute atomic E-state index is 0.550. The molecule has 2 atom stereocenters. The van der Waals surface area contributed by atoms with Crippen LogP contribution in [0.5, 0.6) is 0 Å². The summed E-state index contributed by atoms with van der Waals surface area (Å²) in [6, 6.07) is 3.94. The molecular weight excluding hydrogens is 404 g/mol. The van der Waals surface area contributed by atoms with Crippen LogP contribution in [0.1, 0.15) is 31.2 Å². The summed E-state index contributed by atoms with van der Waals surface area (Å²) in [7, 11) is 4.59. The maximum Gasteiger partial charge on any atom is 0.134 e. The molecule has 1 aromatic rings. The van der Waals surface area contributed by atoms with E-state index in [2.05, 4.69) is 50.7 Å². The van der Waals surface area contributed by atoms with Gasteiger partial charge >= 0.3 is 0 Å². The summed E-state index contributed by atoms with van der Waals surface area (Å²) >= 11 is 0. The van der Waals surface area contributed by atoms with E-state index in [4.69, 9.17) is 9.26 Å². The van der Waals surface area contributed by atoms with E-state index in [9.17, 15) is 0 Å². The van der Waals surface area contributed by atoms with Crippen LogP contribution in [0.3, 0.4) is 0 Å². The highest BCUT2D eigenvalue weighted by Crippen LogP contribution is 2.26. The highest BCUT2D eigenvalue weighted by atomic mass is 16.5. The lowest BCUT2D eigenvalue weighted by Gasteiger charge is -2.55. The van der Waals surface area contributed by atoms with Crippen LogP contribution in [0.25, 0.3) is 0 Å². The van der Waals surface area contributed by atoms with Gasteiger partial charge in [-0.1, -0.05) is 12.1 Å². The summed E-state index contributed by atoms with van der Waals surface area (Å²) in [6.07, 6.45) is 2.28. The fourth-order valence-corrected chi connectivity index (χ4v) is 5.59. The number of unbranched alkanes of at least 4 members (excludes halogenated alkanes) is 1. The smallest absolute Gasteiger partial charge is 0.134 e. The average molecular weight is 449 g/mol. The zero-order valence-corrected chi connectivity index (χ0v) is 20.7. The lowest BCUT2D eigenvalue weighted by molar-refractivity contribution is -0.0650. The maximum atomic E-state index is 5.82. The van der Waals surface area contributed by atoms with Gasteiger partial charge in [0.25, 0.3) is 0 Å². The van der Waals surface area contributed by atoms with Crippen molar-refractivity contribution in [3.8, 4) is 0 Å². The van der Waals surface area contributed by atoms with Crippen molar-refractivity contribution in [1.82, 2.24) is 29.7 Å². The molecule has 0 amide bonds. The monoisotopic (exact) mass is 448 g/mol. The first-order chi connectivity index (χ1) is 15.5. The second kappa shape index (κ2) is 11.4. The number of rotatable bonds is 10. The Hall–Kier alpha value is -1.03. The van der Waals surface area contributed by atoms with Gasteiger partial charge in [0, 0.05) is 83.2 Å². The first-order valence-corrected chi connectivity index (χ1v) is 12.6. The van der Waals surface area contributed by atoms with Crippen molar-refractivity contribution in [2.24, 2.45) is 0 Å². The van der Waals surface area contributed by atoms with Crippen LogP contribution >= 0.6 is 0 Å². The van der Waals surface area contributed by atoms with Crippen LogP contribution in [0.2, 0.25) is 0 Å². The number of likely N-dealkylation sites (tertiary alicyclic amines) is 1. The van der Waals surface area contributed by atoms with Gasteiger partial charge < -0.3 is 24.0 Å². The third-order valence-electron chi connectivity index (χ3n) is 7.61. The van der Waals surface area contributed by atoms with E-state index in [1.807, 2.05) is 13.0 Å². The molecule has 2 unspecified atom stereocenters. The number of hydrogen-bond acceptors (Lipinski definition) is 8. The molecule has 1 aromatic heterocycles. The van der Waals surface area contributed by atoms with Crippen molar-refractivity contribution in [1.29, 1.82) is 0 Å². The van der Waals surface area contributed by atoms with Crippen LogP contribution in [0.15, 0.2) is 10.6 Å². The minimum atomic E-state index is 0.550. The molecule has 182 valence electrons. The molecule has 4 rings (SSSR count). The van der Waals surface area contributed by atoms with E-state index in [1.165, 1.54) is 71.9 Å². The van der Waals surface area contributed by atoms with Crippen LogP contribution < -0.4 is 0 Å². The molecule has 3 aliphatic rings. The summed E-state index contributed by atoms with van der Waals surface area (Å²) < 4.78 is 10.9. The van der Waals surface area contributed by atoms with E-state index in [1.54, 1.807) is 0 Å². The molecule has 32 heavy (non-hydrogen) atoms. The molecule has 0 spiro atoms. The largest absolute Gasteiger partial charge is 0.375 e. The summed E-state index contributed by atoms with van der Waals surface area (Å²) in [5.41, 5.74) is 0.890. The van der Waals surface area contributed by atoms with Gasteiger partial charge in [-0.15, -0.1) is 0 Å². The zero-order chi connectivity index (χ0) is 22.5. The molecule has 0 N–H and O–H groups in total. The Morgan fingerprint density at radius 1 is 1.00 bits per heavy atom. The fourth-order valence-electron chi connectivity index (χ4n) is 5.59. The summed E-state index contributed by atoms with van der Waals surface area (Å²) in [6.45, 7) is 17.5. The molecule has 0 saturated carbocycles. The molecule has 3 saturated heterocycles. The van der Waals surface area contributed by atoms with Gasteiger partial charge in [-0.25, -0.2) is 0 Å². The van der Waals surface area contributed by atoms with Crippen molar-refractivity contribution < 1.29 is 9.26 Å². The van der Waals surface area contributed by atoms with E-state index < -0.39 is 0 Å². The third kappa shape index (κ3) is 6.10. The number of aryl methyl sites for hydroxylation is 1. The van der Waals surface area contributed by atoms with E-state index in [0.717, 1.165) is 30.5 Å². The molecule has 3 fully saturated rings. The van der Waals surface area contributed by atoms with Crippen molar-refractivity contribution in [2.45, 2.75) is 51.4 Å². The minimum Gasteiger partial charge on any atom is -0.375 e. The van der Waals surface area contributed by atoms with Crippen LogP contribution in [-0.2, 0) is 11.3 Å². The average Bonchev–Trinajstić information content (AvgIpc) is 3.16. The molecule has 0 radical (unpaired) electrons. The predicted octanol–water partition coefficient (Wildman–Crippen LogP) is 1.22. The predicted molar refractivity (Wildman–Crippen MR) is 127 cm³/mol. The first kappa shape index (κ1) is 24.1. The molecule has 0 bridgehead atoms. The van der Waals surface area contributed by atoms with Crippen LogP contribution in [0.4, 0.5) is 0 Å². The quantitative estimate of drug-likeness (QED) is 0.495. The lowest BCUT2D eigenvalue weighted by atomic mass is 9.94. The third-order valence-corrected chi connectivity index (χ3v) is 7.61. The molecule has 8 heteroatoms. The van der Waals surface area contributed by atoms with Gasteiger partial charge in [0.05, 0.1) is 6.61 Å². The maximum absolute atomic E-state index is 5.82. The van der Waals surface area contributed by atoms with Gasteiger partial charge in [0.2, 0.25) is 0 Å². The van der Waals surface area contributed by atoms with Crippen molar-refractivity contribution >= 4 is 0 Å². The van der Waals surface area contributed by atoms with Crippen molar-refractivity contribution in [3.63, 3.8) is 0 Å². The standard InChI is InChI=1S/C24H44N6O2/c1-5-28-15-22(16-28)30-12-10-27(4)18-24(30)23-17-26(3)9-11-29(23)8-6-7-13-31-19-21-14-20(2)32-25-21/h14,22-24H,5-13,15-19H2,1-4H3. The van der Waals surface area contributed by atoms with Gasteiger partial charge in [-0.2, -0.15) is 0 Å². The topological polar surface area (TPSA) is 51.5 Å². The summed E-state index contributed by atoms with van der Waals surface area (Å²) in [4.78, 5) is 13.3. The van der Waals surface area contributed by atoms with Crippen molar-refractivity contribution in [3.05, 3.63) is 17.5 Å². The van der Waals surface area contributed by atoms with Crippen LogP contribution in [-0.4, -0.2) is 134 Å². The molecule has 0 aromatic carbocycles. The Morgan fingerprint density at radius 2 is 1.75 bits per heavy atom. The zero-order valence-electron chi connectivity index (χ0n) is 20.7. The van der Waals surface area contributed by atoms with Gasteiger partial charge in [-0.3, -0.25) is 9.80 Å². The Bertz CT molecular complexity index is 694. The normalized spacial score (nSPS) is 27.8. The highest BCUT2D eigenvalue weighted by molar-refractivity contribution is 5.02. The number of nitrogens with zero attached hydrogens (tertiary/aromatic N) is 6. The summed E-state index contributed by atoms with van der Waals surface area (Å²) in [5.74, 6) is 0.844. The van der Waals surface area contributed by atoms with E-state index in [-0.39, 0.29) is 0 Å². The fraction of sp³-hybridized carbons (Fsp3) is 0.875. The highest BCUT2D eigenvalue weighted by Gasteiger charge is 2.42. The van der Waals surface area contributed by atoms with E-state index >= 15 is 0 Å². The first-order valence-electron chi connectivity index (χ1n) is 12.6. The number of piperazine rings is 2. The lowest BCUT2D eigenvalue weighted by Crippen LogP contribution is -2.71. The van der Waals surface area contributed by atoms with Crippen LogP contribution in [0, 0.1) is 6.92 Å². The van der Waals surface area contributed by atoms with E-state index in [0.29, 0.717) is 18.7 Å². The van der Waals surface area contributed by atoms with Gasteiger partial charge in [-0.05, 0) is 47.0 Å².